The van der Waals surface area contributed by atoms with Gasteiger partial charge >= 0.3 is 0 Å². The predicted octanol–water partition coefficient (Wildman–Crippen LogP) is 2.06. The first-order valence-electron chi connectivity index (χ1n) is 7.69. The van der Waals surface area contributed by atoms with Gasteiger partial charge in [0.1, 0.15) is 17.1 Å². The molecule has 0 amide bonds. The number of alkyl halides is 1. The van der Waals surface area contributed by atoms with Crippen molar-refractivity contribution in [3.05, 3.63) is 39.8 Å². The summed E-state index contributed by atoms with van der Waals surface area (Å²) in [5, 5.41) is 16.4. The molecule has 1 fully saturated rings. The molecule has 122 valence electrons. The molecule has 0 aromatic carbocycles. The summed E-state index contributed by atoms with van der Waals surface area (Å²) in [4.78, 5) is 4.05. The van der Waals surface area contributed by atoms with Crippen LogP contribution in [0.1, 0.15) is 21.7 Å². The fourth-order valence-electron chi connectivity index (χ4n) is 3.01. The number of rotatable bonds is 6. The third-order valence-corrected chi connectivity index (χ3v) is 5.06. The number of aryl methyl sites for hydroxylation is 1. The first-order chi connectivity index (χ1) is 11.1. The van der Waals surface area contributed by atoms with Crippen LogP contribution in [0.3, 0.4) is 0 Å². The molecule has 7 heteroatoms. The number of nitriles is 1. The third kappa shape index (κ3) is 4.16. The van der Waals surface area contributed by atoms with E-state index in [0.717, 1.165) is 35.0 Å². The maximum Gasteiger partial charge on any atom is 0.114 e. The zero-order valence-electron chi connectivity index (χ0n) is 13.1. The Balaban J connectivity index is 1.51. The zero-order chi connectivity index (χ0) is 16.2. The Morgan fingerprint density at radius 3 is 3.09 bits per heavy atom. The first-order valence-corrected chi connectivity index (χ1v) is 8.51. The summed E-state index contributed by atoms with van der Waals surface area (Å²) >= 11 is 1.50. The van der Waals surface area contributed by atoms with Crippen LogP contribution in [-0.4, -0.2) is 40.0 Å². The average molecular weight is 333 g/mol. The number of nitrogens with zero attached hydrogens (tertiary/aromatic N) is 4. The highest BCUT2D eigenvalue weighted by Crippen LogP contribution is 2.22. The van der Waals surface area contributed by atoms with Gasteiger partial charge < -0.3 is 5.32 Å². The lowest BCUT2D eigenvalue weighted by Crippen LogP contribution is -2.37. The van der Waals surface area contributed by atoms with Crippen molar-refractivity contribution in [2.75, 3.05) is 13.1 Å². The molecule has 2 aromatic rings. The van der Waals surface area contributed by atoms with Crippen LogP contribution in [0.25, 0.3) is 0 Å². The Hall–Kier alpha value is -1.75. The smallest absolute Gasteiger partial charge is 0.114 e. The molecule has 3 heterocycles. The molecule has 2 aromatic heterocycles. The number of nitrogens with one attached hydrogen (secondary N) is 1. The van der Waals surface area contributed by atoms with Crippen molar-refractivity contribution in [3.8, 4) is 6.07 Å². The van der Waals surface area contributed by atoms with Crippen LogP contribution in [0, 0.1) is 11.3 Å². The van der Waals surface area contributed by atoms with E-state index < -0.39 is 6.17 Å². The van der Waals surface area contributed by atoms with Crippen LogP contribution in [0.15, 0.2) is 24.5 Å². The summed E-state index contributed by atoms with van der Waals surface area (Å²) in [6.07, 6.45) is 3.63. The predicted molar refractivity (Wildman–Crippen MR) is 87.7 cm³/mol. The van der Waals surface area contributed by atoms with E-state index in [9.17, 15) is 4.39 Å². The summed E-state index contributed by atoms with van der Waals surface area (Å²) in [6.45, 7) is 2.69. The van der Waals surface area contributed by atoms with Crippen LogP contribution in [0.2, 0.25) is 0 Å². The Bertz CT molecular complexity index is 689. The molecule has 3 rings (SSSR count). The van der Waals surface area contributed by atoms with Gasteiger partial charge in [-0.05, 0) is 18.6 Å². The molecule has 23 heavy (non-hydrogen) atoms. The van der Waals surface area contributed by atoms with Crippen molar-refractivity contribution >= 4 is 11.3 Å². The number of halogens is 1. The van der Waals surface area contributed by atoms with Crippen molar-refractivity contribution in [3.63, 3.8) is 0 Å². The van der Waals surface area contributed by atoms with Gasteiger partial charge in [-0.2, -0.15) is 10.4 Å². The van der Waals surface area contributed by atoms with E-state index in [1.54, 1.807) is 4.68 Å². The molecule has 0 aliphatic carbocycles. The number of likely N-dealkylation sites (tertiary alicyclic amines) is 1. The van der Waals surface area contributed by atoms with Crippen LogP contribution in [0.5, 0.6) is 0 Å². The minimum Gasteiger partial charge on any atom is -0.310 e. The van der Waals surface area contributed by atoms with E-state index in [4.69, 9.17) is 5.26 Å². The molecule has 2 atom stereocenters. The summed E-state index contributed by atoms with van der Waals surface area (Å²) in [5.41, 5.74) is 1.11. The Morgan fingerprint density at radius 2 is 2.39 bits per heavy atom. The Kier molecular flexibility index (Phi) is 5.06. The molecule has 1 N–H and O–H groups in total. The molecule has 0 bridgehead atoms. The second kappa shape index (κ2) is 7.21. The summed E-state index contributed by atoms with van der Waals surface area (Å²) in [6, 6.07) is 6.15. The van der Waals surface area contributed by atoms with E-state index in [1.807, 2.05) is 31.6 Å². The summed E-state index contributed by atoms with van der Waals surface area (Å²) < 4.78 is 15.6. The highest BCUT2D eigenvalue weighted by atomic mass is 32.1. The van der Waals surface area contributed by atoms with E-state index in [2.05, 4.69) is 21.4 Å². The van der Waals surface area contributed by atoms with Crippen molar-refractivity contribution in [1.82, 2.24) is 20.0 Å². The summed E-state index contributed by atoms with van der Waals surface area (Å²) in [7, 11) is 1.89. The first kappa shape index (κ1) is 16.1. The van der Waals surface area contributed by atoms with Gasteiger partial charge in [0.2, 0.25) is 0 Å². The monoisotopic (exact) mass is 333 g/mol. The van der Waals surface area contributed by atoms with E-state index in [0.29, 0.717) is 13.0 Å². The molecule has 1 aliphatic rings. The van der Waals surface area contributed by atoms with Crippen LogP contribution >= 0.6 is 11.3 Å². The highest BCUT2D eigenvalue weighted by Gasteiger charge is 2.31. The van der Waals surface area contributed by atoms with Crippen molar-refractivity contribution < 1.29 is 4.39 Å². The maximum atomic E-state index is 13.8. The van der Waals surface area contributed by atoms with Crippen LogP contribution in [-0.2, 0) is 20.1 Å². The average Bonchev–Trinajstić information content (AvgIpc) is 3.21. The van der Waals surface area contributed by atoms with Gasteiger partial charge in [-0.3, -0.25) is 9.58 Å². The molecule has 5 nitrogen and oxygen atoms in total. The van der Waals surface area contributed by atoms with Gasteiger partial charge in [0.25, 0.3) is 0 Å². The van der Waals surface area contributed by atoms with Crippen LogP contribution < -0.4 is 5.32 Å². The summed E-state index contributed by atoms with van der Waals surface area (Å²) in [5.74, 6) is 0. The molecule has 1 saturated heterocycles. The normalized spacial score (nSPS) is 21.6. The topological polar surface area (TPSA) is 56.9 Å². The van der Waals surface area contributed by atoms with E-state index in [1.165, 1.54) is 11.3 Å². The molecule has 0 unspecified atom stereocenters. The highest BCUT2D eigenvalue weighted by molar-refractivity contribution is 7.12. The van der Waals surface area contributed by atoms with Gasteiger partial charge in [0, 0.05) is 55.9 Å². The van der Waals surface area contributed by atoms with Gasteiger partial charge in [-0.15, -0.1) is 11.3 Å². The fourth-order valence-corrected chi connectivity index (χ4v) is 3.79. The van der Waals surface area contributed by atoms with Gasteiger partial charge in [-0.25, -0.2) is 4.39 Å². The molecule has 1 aliphatic heterocycles. The minimum absolute atomic E-state index is 0.195. The number of thiophene rings is 1. The largest absolute Gasteiger partial charge is 0.310 e. The second-order valence-electron chi connectivity index (χ2n) is 5.95. The molecule has 0 spiro atoms. The molecular formula is C16H20FN5S. The van der Waals surface area contributed by atoms with Gasteiger partial charge in [-0.1, -0.05) is 0 Å². The molecule has 0 radical (unpaired) electrons. The lowest BCUT2D eigenvalue weighted by molar-refractivity contribution is 0.230. The van der Waals surface area contributed by atoms with E-state index in [-0.39, 0.29) is 6.04 Å². The zero-order valence-corrected chi connectivity index (χ0v) is 13.9. The number of hydrogen-bond acceptors (Lipinski definition) is 5. The fraction of sp³-hybridized carbons (Fsp3) is 0.500. The number of hydrogen-bond donors (Lipinski definition) is 1. The lowest BCUT2D eigenvalue weighted by Gasteiger charge is -2.23. The second-order valence-corrected chi connectivity index (χ2v) is 7.12. The Labute approximate surface area is 139 Å². The third-order valence-electron chi connectivity index (χ3n) is 4.07. The number of aromatic nitrogens is 2. The van der Waals surface area contributed by atoms with Gasteiger partial charge in [0.15, 0.2) is 0 Å². The SMILES string of the molecule is Cn1cc(CN2C[C@@H](F)C[C@H]2CNCc2ccc(C#N)s2)cn1. The minimum atomic E-state index is -0.759. The maximum absolute atomic E-state index is 13.8. The Morgan fingerprint density at radius 1 is 1.52 bits per heavy atom. The van der Waals surface area contributed by atoms with E-state index >= 15 is 0 Å². The lowest BCUT2D eigenvalue weighted by atomic mass is 10.2. The van der Waals surface area contributed by atoms with Gasteiger partial charge in [0.05, 0.1) is 6.20 Å². The van der Waals surface area contributed by atoms with Crippen molar-refractivity contribution in [1.29, 1.82) is 5.26 Å². The standard InChI is InChI=1S/C16H20FN5S/c1-21-9-12(6-20-21)10-22-11-13(17)4-14(22)7-19-8-16-3-2-15(5-18)23-16/h2-3,6,9,13-14,19H,4,7-8,10-11H2,1H3/t13-,14-/m0/s1. The van der Waals surface area contributed by atoms with Crippen molar-refractivity contribution in [2.45, 2.75) is 31.7 Å². The quantitative estimate of drug-likeness (QED) is 0.879. The molecule has 0 saturated carbocycles. The van der Waals surface area contributed by atoms with Crippen LogP contribution in [0.4, 0.5) is 4.39 Å². The van der Waals surface area contributed by atoms with Crippen molar-refractivity contribution in [2.24, 2.45) is 7.05 Å². The molecular weight excluding hydrogens is 313 g/mol.